The van der Waals surface area contributed by atoms with Crippen molar-refractivity contribution in [3.8, 4) is 5.75 Å². The molecule has 1 aromatic rings. The Hall–Kier alpha value is -2.02. The average Bonchev–Trinajstić information content (AvgIpc) is 2.59. The van der Waals surface area contributed by atoms with Crippen LogP contribution in [-0.2, 0) is 9.53 Å². The van der Waals surface area contributed by atoms with Gasteiger partial charge < -0.3 is 25.0 Å². The summed E-state index contributed by atoms with van der Waals surface area (Å²) in [4.78, 5) is 15.5. The van der Waals surface area contributed by atoms with E-state index in [-0.39, 0.29) is 11.7 Å². The lowest BCUT2D eigenvalue weighted by Crippen LogP contribution is -2.51. The highest BCUT2D eigenvalue weighted by Gasteiger charge is 2.18. The van der Waals surface area contributed by atoms with E-state index in [1.807, 2.05) is 12.1 Å². The first-order valence-corrected chi connectivity index (χ1v) is 8.14. The summed E-state index contributed by atoms with van der Waals surface area (Å²) in [5.41, 5.74) is 1.11. The maximum atomic E-state index is 11.0. The number of carbonyl (C=O) groups excluding carboxylic acids is 1. The Balaban J connectivity index is 1.70. The van der Waals surface area contributed by atoms with Crippen LogP contribution < -0.4 is 10.2 Å². The normalized spacial score (nSPS) is 14.5. The van der Waals surface area contributed by atoms with E-state index in [1.54, 1.807) is 12.1 Å². The summed E-state index contributed by atoms with van der Waals surface area (Å²) in [5.74, 6) is 0.0879. The lowest BCUT2D eigenvalue weighted by atomic mass is 10.2. The number of nitrogens with zero attached hydrogens (tertiary/aromatic N) is 2. The third kappa shape index (κ3) is 5.28. The molecule has 1 heterocycles. The lowest BCUT2D eigenvalue weighted by Gasteiger charge is -2.37. The number of rotatable bonds is 5. The number of methoxy groups -OCH3 is 1. The Morgan fingerprint density at radius 3 is 2.52 bits per heavy atom. The fraction of sp³-hybridized carbons (Fsp3) is 0.500. The minimum Gasteiger partial charge on any atom is -0.508 e. The van der Waals surface area contributed by atoms with Crippen LogP contribution >= 0.6 is 12.2 Å². The van der Waals surface area contributed by atoms with Crippen LogP contribution in [-0.4, -0.2) is 60.9 Å². The average molecular weight is 337 g/mol. The predicted octanol–water partition coefficient (Wildman–Crippen LogP) is 1.34. The number of benzene rings is 1. The highest BCUT2D eigenvalue weighted by atomic mass is 32.1. The molecule has 0 bridgehead atoms. The van der Waals surface area contributed by atoms with Gasteiger partial charge in [0.05, 0.1) is 7.11 Å². The first-order chi connectivity index (χ1) is 11.1. The molecule has 0 unspecified atom stereocenters. The van der Waals surface area contributed by atoms with E-state index in [9.17, 15) is 9.90 Å². The number of hydrogen-bond donors (Lipinski definition) is 2. The first-order valence-electron chi connectivity index (χ1n) is 7.73. The number of esters is 1. The second-order valence-electron chi connectivity index (χ2n) is 5.40. The zero-order valence-electron chi connectivity index (χ0n) is 13.3. The van der Waals surface area contributed by atoms with Gasteiger partial charge in [0.2, 0.25) is 0 Å². The van der Waals surface area contributed by atoms with Gasteiger partial charge in [-0.2, -0.15) is 0 Å². The van der Waals surface area contributed by atoms with E-state index in [1.165, 1.54) is 7.11 Å². The van der Waals surface area contributed by atoms with Crippen molar-refractivity contribution in [3.63, 3.8) is 0 Å². The maximum absolute atomic E-state index is 11.0. The van der Waals surface area contributed by atoms with Crippen molar-refractivity contribution in [1.29, 1.82) is 0 Å². The summed E-state index contributed by atoms with van der Waals surface area (Å²) in [5, 5.41) is 13.3. The number of piperazine rings is 1. The van der Waals surface area contributed by atoms with Crippen LogP contribution in [0.2, 0.25) is 0 Å². The third-order valence-corrected chi connectivity index (χ3v) is 4.25. The van der Waals surface area contributed by atoms with Gasteiger partial charge in [0, 0.05) is 44.8 Å². The monoisotopic (exact) mass is 337 g/mol. The van der Waals surface area contributed by atoms with Crippen LogP contribution in [0.25, 0.3) is 0 Å². The number of phenols is 1. The molecule has 0 aromatic heterocycles. The van der Waals surface area contributed by atoms with Crippen molar-refractivity contribution >= 4 is 29.0 Å². The number of hydrogen-bond acceptors (Lipinski definition) is 5. The molecular formula is C16H23N3O3S. The van der Waals surface area contributed by atoms with Crippen molar-refractivity contribution in [2.24, 2.45) is 0 Å². The molecule has 1 aliphatic rings. The van der Waals surface area contributed by atoms with E-state index in [0.717, 1.165) is 37.0 Å². The highest BCUT2D eigenvalue weighted by molar-refractivity contribution is 7.80. The molecule has 0 amide bonds. The summed E-state index contributed by atoms with van der Waals surface area (Å²) >= 11 is 5.40. The van der Waals surface area contributed by atoms with Gasteiger partial charge in [-0.05, 0) is 42.9 Å². The van der Waals surface area contributed by atoms with Gasteiger partial charge in [-0.1, -0.05) is 0 Å². The maximum Gasteiger partial charge on any atom is 0.305 e. The number of phenolic OH excluding ortho intramolecular Hbond substituents is 1. The van der Waals surface area contributed by atoms with Crippen LogP contribution in [0.1, 0.15) is 12.8 Å². The van der Waals surface area contributed by atoms with Crippen molar-refractivity contribution in [3.05, 3.63) is 24.3 Å². The Kier molecular flexibility index (Phi) is 6.46. The number of anilines is 1. The summed E-state index contributed by atoms with van der Waals surface area (Å²) in [7, 11) is 1.40. The summed E-state index contributed by atoms with van der Waals surface area (Å²) < 4.78 is 4.60. The Labute approximate surface area is 142 Å². The molecule has 7 heteroatoms. The Bertz CT molecular complexity index is 528. The first kappa shape index (κ1) is 17.3. The summed E-state index contributed by atoms with van der Waals surface area (Å²) in [6, 6.07) is 7.26. The number of thiocarbonyl (C=S) groups is 1. The zero-order chi connectivity index (χ0) is 16.7. The van der Waals surface area contributed by atoms with Gasteiger partial charge in [-0.25, -0.2) is 0 Å². The van der Waals surface area contributed by atoms with Crippen molar-refractivity contribution in [2.45, 2.75) is 12.8 Å². The standard InChI is InChI=1S/C16H23N3O3S/c1-22-15(21)3-2-8-17-16(23)19-11-9-18(10-12-19)13-4-6-14(20)7-5-13/h4-7,20H,2-3,8-12H2,1H3,(H,17,23). The van der Waals surface area contributed by atoms with Crippen molar-refractivity contribution in [2.75, 3.05) is 44.7 Å². The van der Waals surface area contributed by atoms with E-state index in [2.05, 4.69) is 19.9 Å². The quantitative estimate of drug-likeness (QED) is 0.477. The van der Waals surface area contributed by atoms with Crippen molar-refractivity contribution in [1.82, 2.24) is 10.2 Å². The van der Waals surface area contributed by atoms with Crippen LogP contribution in [0.4, 0.5) is 5.69 Å². The van der Waals surface area contributed by atoms with Gasteiger partial charge in [0.25, 0.3) is 0 Å². The molecule has 126 valence electrons. The van der Waals surface area contributed by atoms with Gasteiger partial charge in [-0.15, -0.1) is 0 Å². The summed E-state index contributed by atoms with van der Waals surface area (Å²) in [6.45, 7) is 4.14. The van der Waals surface area contributed by atoms with Gasteiger partial charge in [0.15, 0.2) is 5.11 Å². The molecule has 1 aliphatic heterocycles. The highest BCUT2D eigenvalue weighted by Crippen LogP contribution is 2.19. The molecule has 2 rings (SSSR count). The molecular weight excluding hydrogens is 314 g/mol. The minimum absolute atomic E-state index is 0.194. The second kappa shape index (κ2) is 8.57. The van der Waals surface area contributed by atoms with Crippen LogP contribution in [0.5, 0.6) is 5.75 Å². The molecule has 1 aromatic carbocycles. The number of ether oxygens (including phenoxy) is 1. The second-order valence-corrected chi connectivity index (χ2v) is 5.79. The van der Waals surface area contributed by atoms with Gasteiger partial charge in [-0.3, -0.25) is 4.79 Å². The lowest BCUT2D eigenvalue weighted by molar-refractivity contribution is -0.140. The van der Waals surface area contributed by atoms with Gasteiger partial charge in [0.1, 0.15) is 5.75 Å². The molecule has 6 nitrogen and oxygen atoms in total. The number of nitrogens with one attached hydrogen (secondary N) is 1. The molecule has 1 fully saturated rings. The number of carbonyl (C=O) groups is 1. The minimum atomic E-state index is -0.194. The fourth-order valence-electron chi connectivity index (χ4n) is 2.47. The third-order valence-electron chi connectivity index (χ3n) is 3.84. The zero-order valence-corrected chi connectivity index (χ0v) is 14.1. The smallest absolute Gasteiger partial charge is 0.305 e. The van der Waals surface area contributed by atoms with Crippen LogP contribution in [0, 0.1) is 0 Å². The van der Waals surface area contributed by atoms with E-state index in [4.69, 9.17) is 12.2 Å². The largest absolute Gasteiger partial charge is 0.508 e. The molecule has 1 saturated heterocycles. The number of aromatic hydroxyl groups is 1. The molecule has 0 saturated carbocycles. The summed E-state index contributed by atoms with van der Waals surface area (Å²) in [6.07, 6.45) is 1.11. The van der Waals surface area contributed by atoms with Crippen LogP contribution in [0.15, 0.2) is 24.3 Å². The van der Waals surface area contributed by atoms with E-state index < -0.39 is 0 Å². The molecule has 23 heavy (non-hydrogen) atoms. The van der Waals surface area contributed by atoms with E-state index in [0.29, 0.717) is 19.4 Å². The van der Waals surface area contributed by atoms with E-state index >= 15 is 0 Å². The Morgan fingerprint density at radius 2 is 1.91 bits per heavy atom. The van der Waals surface area contributed by atoms with Crippen LogP contribution in [0.3, 0.4) is 0 Å². The molecule has 0 spiro atoms. The van der Waals surface area contributed by atoms with Gasteiger partial charge >= 0.3 is 5.97 Å². The Morgan fingerprint density at radius 1 is 1.26 bits per heavy atom. The molecule has 0 aliphatic carbocycles. The molecule has 0 radical (unpaired) electrons. The SMILES string of the molecule is COC(=O)CCCNC(=S)N1CCN(c2ccc(O)cc2)CC1. The van der Waals surface area contributed by atoms with Crippen molar-refractivity contribution < 1.29 is 14.6 Å². The predicted molar refractivity (Wildman–Crippen MR) is 93.7 cm³/mol. The molecule has 0 atom stereocenters. The molecule has 2 N–H and O–H groups in total. The fourth-order valence-corrected chi connectivity index (χ4v) is 2.76. The topological polar surface area (TPSA) is 65.0 Å².